The number of nitrogens with zero attached hydrogens (tertiary/aromatic N) is 2. The van der Waals surface area contributed by atoms with Crippen LogP contribution < -0.4 is 0 Å². The lowest BCUT2D eigenvalue weighted by molar-refractivity contribution is 0.415. The molecule has 0 bridgehead atoms. The minimum Gasteiger partial charge on any atom is -0.449 e. The Morgan fingerprint density at radius 2 is 2.38 bits per heavy atom. The molecule has 0 amide bonds. The molecule has 0 aromatic carbocycles. The van der Waals surface area contributed by atoms with E-state index in [1.807, 2.05) is 12.5 Å². The molecule has 4 heteroatoms. The Morgan fingerprint density at radius 3 is 3.08 bits per heavy atom. The van der Waals surface area contributed by atoms with Gasteiger partial charge >= 0.3 is 0 Å². The number of rotatable bonds is 4. The molecule has 0 aliphatic carbocycles. The van der Waals surface area contributed by atoms with Gasteiger partial charge in [-0.2, -0.15) is 0 Å². The second-order valence-electron chi connectivity index (χ2n) is 2.59. The molecule has 0 aliphatic heterocycles. The summed E-state index contributed by atoms with van der Waals surface area (Å²) in [5.41, 5.74) is 0.853. The fourth-order valence-corrected chi connectivity index (χ4v) is 1.05. The van der Waals surface area contributed by atoms with Crippen molar-refractivity contribution in [1.82, 2.24) is 10.1 Å². The van der Waals surface area contributed by atoms with E-state index >= 15 is 0 Å². The summed E-state index contributed by atoms with van der Waals surface area (Å²) < 4.78 is 9.76. The Kier molecular flexibility index (Phi) is 2.40. The summed E-state index contributed by atoms with van der Waals surface area (Å²) in [6.45, 7) is 0. The maximum atomic E-state index is 5.08. The van der Waals surface area contributed by atoms with Gasteiger partial charge < -0.3 is 8.94 Å². The van der Waals surface area contributed by atoms with Crippen LogP contribution in [0.2, 0.25) is 0 Å². The molecule has 4 nitrogen and oxygen atoms in total. The Hall–Kier alpha value is -1.58. The molecule has 2 aromatic rings. The second kappa shape index (κ2) is 3.89. The van der Waals surface area contributed by atoms with E-state index in [1.165, 1.54) is 0 Å². The Balaban J connectivity index is 1.76. The molecular weight excluding hydrogens is 168 g/mol. The normalized spacial score (nSPS) is 10.5. The van der Waals surface area contributed by atoms with E-state index in [0.29, 0.717) is 0 Å². The largest absolute Gasteiger partial charge is 0.449 e. The molecule has 13 heavy (non-hydrogen) atoms. The van der Waals surface area contributed by atoms with Gasteiger partial charge in [-0.1, -0.05) is 5.16 Å². The van der Waals surface area contributed by atoms with Crippen LogP contribution in [0.25, 0.3) is 0 Å². The first kappa shape index (κ1) is 8.04. The van der Waals surface area contributed by atoms with Gasteiger partial charge in [0.15, 0.2) is 5.89 Å². The van der Waals surface area contributed by atoms with E-state index < -0.39 is 0 Å². The topological polar surface area (TPSA) is 52.1 Å². The summed E-state index contributed by atoms with van der Waals surface area (Å²) >= 11 is 0. The molecule has 0 saturated heterocycles. The van der Waals surface area contributed by atoms with Gasteiger partial charge in [0.05, 0.1) is 11.9 Å². The zero-order chi connectivity index (χ0) is 8.93. The van der Waals surface area contributed by atoms with Crippen LogP contribution >= 0.6 is 0 Å². The van der Waals surface area contributed by atoms with Crippen molar-refractivity contribution < 1.29 is 8.94 Å². The van der Waals surface area contributed by atoms with Crippen LogP contribution in [-0.2, 0) is 6.42 Å². The third kappa shape index (κ3) is 2.18. The van der Waals surface area contributed by atoms with Crippen molar-refractivity contribution >= 4 is 0 Å². The molecule has 0 N–H and O–H groups in total. The summed E-state index contributed by atoms with van der Waals surface area (Å²) in [5, 5.41) is 3.75. The third-order valence-electron chi connectivity index (χ3n) is 1.65. The molecule has 0 fully saturated rings. The zero-order valence-corrected chi connectivity index (χ0v) is 7.01. The van der Waals surface area contributed by atoms with Crippen LogP contribution in [-0.4, -0.2) is 10.1 Å². The molecule has 0 atom stereocenters. The van der Waals surface area contributed by atoms with Gasteiger partial charge in [-0.05, 0) is 6.42 Å². The number of aryl methyl sites for hydroxylation is 1. The summed E-state index contributed by atoms with van der Waals surface area (Å²) in [4.78, 5) is 4.00. The average molecular weight is 177 g/mol. The third-order valence-corrected chi connectivity index (χ3v) is 1.65. The van der Waals surface area contributed by atoms with Gasteiger partial charge in [-0.15, -0.1) is 0 Å². The van der Waals surface area contributed by atoms with E-state index in [2.05, 4.69) is 14.7 Å². The Morgan fingerprint density at radius 1 is 1.38 bits per heavy atom. The smallest absolute Gasteiger partial charge is 0.193 e. The number of hydrogen-bond acceptors (Lipinski definition) is 4. The van der Waals surface area contributed by atoms with Gasteiger partial charge in [-0.25, -0.2) is 4.98 Å². The standard InChI is InChI=1S/C9H9N2O2/c1(2-8-4-6-13-11-8)3-9-10-5-7-12-9/h2,4-7H,1,3H2. The number of aromatic nitrogens is 2. The van der Waals surface area contributed by atoms with Crippen molar-refractivity contribution in [2.75, 3.05) is 0 Å². The van der Waals surface area contributed by atoms with Gasteiger partial charge in [-0.3, -0.25) is 0 Å². The highest BCUT2D eigenvalue weighted by atomic mass is 16.5. The molecule has 0 saturated carbocycles. The maximum Gasteiger partial charge on any atom is 0.193 e. The minimum absolute atomic E-state index is 0.750. The van der Waals surface area contributed by atoms with E-state index in [9.17, 15) is 0 Å². The fraction of sp³-hybridized carbons (Fsp3) is 0.222. The van der Waals surface area contributed by atoms with E-state index in [0.717, 1.165) is 24.4 Å². The minimum atomic E-state index is 0.750. The summed E-state index contributed by atoms with van der Waals surface area (Å²) in [6.07, 6.45) is 8.40. The lowest BCUT2D eigenvalue weighted by atomic mass is 10.2. The lowest BCUT2D eigenvalue weighted by Gasteiger charge is -1.92. The molecule has 2 aromatic heterocycles. The van der Waals surface area contributed by atoms with E-state index in [4.69, 9.17) is 4.42 Å². The van der Waals surface area contributed by atoms with Crippen LogP contribution in [0.15, 0.2) is 33.7 Å². The highest BCUT2D eigenvalue weighted by molar-refractivity contribution is 5.07. The first-order valence-corrected chi connectivity index (χ1v) is 4.07. The molecular formula is C9H9N2O2. The first-order valence-electron chi connectivity index (χ1n) is 4.07. The fourth-order valence-electron chi connectivity index (χ4n) is 1.05. The average Bonchev–Trinajstić information content (AvgIpc) is 2.75. The monoisotopic (exact) mass is 177 g/mol. The quantitative estimate of drug-likeness (QED) is 0.715. The van der Waals surface area contributed by atoms with Crippen LogP contribution in [0.5, 0.6) is 0 Å². The lowest BCUT2D eigenvalue weighted by Crippen LogP contribution is -1.87. The molecule has 1 radical (unpaired) electrons. The van der Waals surface area contributed by atoms with Gasteiger partial charge in [0, 0.05) is 18.9 Å². The summed E-state index contributed by atoms with van der Waals surface area (Å²) in [6, 6.07) is 1.82. The van der Waals surface area contributed by atoms with Crippen molar-refractivity contribution in [3.05, 3.63) is 42.8 Å². The highest BCUT2D eigenvalue weighted by Gasteiger charge is 2.00. The predicted octanol–water partition coefficient (Wildman–Crippen LogP) is 1.85. The maximum absolute atomic E-state index is 5.08. The Bertz CT molecular complexity index is 292. The van der Waals surface area contributed by atoms with Crippen LogP contribution in [0.3, 0.4) is 0 Å². The van der Waals surface area contributed by atoms with Crippen molar-refractivity contribution in [2.45, 2.75) is 12.8 Å². The van der Waals surface area contributed by atoms with Gasteiger partial charge in [0.2, 0.25) is 0 Å². The highest BCUT2D eigenvalue weighted by Crippen LogP contribution is 2.06. The van der Waals surface area contributed by atoms with Gasteiger partial charge in [0.25, 0.3) is 0 Å². The molecule has 67 valence electrons. The predicted molar refractivity (Wildman–Crippen MR) is 44.7 cm³/mol. The van der Waals surface area contributed by atoms with E-state index in [-0.39, 0.29) is 0 Å². The molecule has 0 spiro atoms. The summed E-state index contributed by atoms with van der Waals surface area (Å²) in [7, 11) is 0. The molecule has 0 unspecified atom stereocenters. The molecule has 2 heterocycles. The van der Waals surface area contributed by atoms with Crippen molar-refractivity contribution in [3.8, 4) is 0 Å². The number of oxazole rings is 1. The van der Waals surface area contributed by atoms with E-state index in [1.54, 1.807) is 18.7 Å². The Labute approximate surface area is 75.6 Å². The van der Waals surface area contributed by atoms with Gasteiger partial charge in [0.1, 0.15) is 12.5 Å². The molecule has 0 aliphatic rings. The zero-order valence-electron chi connectivity index (χ0n) is 7.01. The number of hydrogen-bond donors (Lipinski definition) is 0. The van der Waals surface area contributed by atoms with Crippen LogP contribution in [0.4, 0.5) is 0 Å². The van der Waals surface area contributed by atoms with Crippen LogP contribution in [0.1, 0.15) is 18.0 Å². The SMILES string of the molecule is [CH](CCc1ncco1)c1ccon1. The second-order valence-corrected chi connectivity index (χ2v) is 2.59. The van der Waals surface area contributed by atoms with Crippen LogP contribution in [0, 0.1) is 6.42 Å². The first-order chi connectivity index (χ1) is 6.45. The van der Waals surface area contributed by atoms with Crippen molar-refractivity contribution in [1.29, 1.82) is 0 Å². The van der Waals surface area contributed by atoms with Crippen molar-refractivity contribution in [2.24, 2.45) is 0 Å². The molecule has 2 rings (SSSR count). The van der Waals surface area contributed by atoms with Crippen molar-refractivity contribution in [3.63, 3.8) is 0 Å². The summed E-state index contributed by atoms with van der Waals surface area (Å²) in [5.74, 6) is 0.750.